The molecule has 28 heavy (non-hydrogen) atoms. The van der Waals surface area contributed by atoms with E-state index in [0.717, 1.165) is 30.4 Å². The normalized spacial score (nSPS) is 16.9. The predicted octanol–water partition coefficient (Wildman–Crippen LogP) is 2.00. The number of fused-ring (bicyclic) bond motifs is 1. The third-order valence-corrected chi connectivity index (χ3v) is 4.97. The molecule has 0 radical (unpaired) electrons. The summed E-state index contributed by atoms with van der Waals surface area (Å²) in [7, 11) is 0. The standard InChI is InChI=1S/C20H20FN5O2/c21-16-7-3-5-14(11-16)20(28)22-12-18(27)25-9-4-6-15(13-25)19-24-23-17-8-1-2-10-26(17)19/h1-3,5,7-8,10-11,15H,4,6,9,12-13H2,(H,22,28)/t15-/m1/s1. The van der Waals surface area contributed by atoms with E-state index < -0.39 is 11.7 Å². The Balaban J connectivity index is 1.39. The molecule has 1 aliphatic rings. The van der Waals surface area contributed by atoms with Gasteiger partial charge in [-0.3, -0.25) is 14.0 Å². The van der Waals surface area contributed by atoms with Crippen molar-refractivity contribution in [3.8, 4) is 0 Å². The second-order valence-electron chi connectivity index (χ2n) is 6.86. The third-order valence-electron chi connectivity index (χ3n) is 4.97. The van der Waals surface area contributed by atoms with E-state index in [1.54, 1.807) is 4.90 Å². The second-order valence-corrected chi connectivity index (χ2v) is 6.86. The number of halogens is 1. The van der Waals surface area contributed by atoms with Gasteiger partial charge in [0.05, 0.1) is 6.54 Å². The average Bonchev–Trinajstić information content (AvgIpc) is 3.16. The molecule has 0 saturated carbocycles. The van der Waals surface area contributed by atoms with Gasteiger partial charge in [0.2, 0.25) is 5.91 Å². The number of nitrogens with one attached hydrogen (secondary N) is 1. The van der Waals surface area contributed by atoms with Crippen molar-refractivity contribution in [2.24, 2.45) is 0 Å². The number of nitrogens with zero attached hydrogens (tertiary/aromatic N) is 4. The number of pyridine rings is 1. The van der Waals surface area contributed by atoms with Gasteiger partial charge < -0.3 is 10.2 Å². The summed E-state index contributed by atoms with van der Waals surface area (Å²) in [4.78, 5) is 26.4. The van der Waals surface area contributed by atoms with Crippen molar-refractivity contribution >= 4 is 17.5 Å². The van der Waals surface area contributed by atoms with Crippen LogP contribution in [0.2, 0.25) is 0 Å². The number of hydrogen-bond acceptors (Lipinski definition) is 4. The quantitative estimate of drug-likeness (QED) is 0.750. The van der Waals surface area contributed by atoms with E-state index in [1.165, 1.54) is 18.2 Å². The highest BCUT2D eigenvalue weighted by atomic mass is 19.1. The van der Waals surface area contributed by atoms with Crippen molar-refractivity contribution in [3.05, 3.63) is 65.9 Å². The molecule has 1 aromatic carbocycles. The van der Waals surface area contributed by atoms with Crippen LogP contribution in [0.4, 0.5) is 4.39 Å². The zero-order valence-electron chi connectivity index (χ0n) is 15.2. The van der Waals surface area contributed by atoms with Crippen LogP contribution in [-0.4, -0.2) is 50.9 Å². The molecule has 0 aliphatic carbocycles. The van der Waals surface area contributed by atoms with Gasteiger partial charge in [-0.1, -0.05) is 12.1 Å². The Morgan fingerprint density at radius 2 is 2.07 bits per heavy atom. The molecule has 8 heteroatoms. The Labute approximate surface area is 161 Å². The topological polar surface area (TPSA) is 79.6 Å². The predicted molar refractivity (Wildman–Crippen MR) is 100 cm³/mol. The molecule has 1 atom stereocenters. The van der Waals surface area contributed by atoms with Crippen molar-refractivity contribution in [2.45, 2.75) is 18.8 Å². The maximum absolute atomic E-state index is 13.2. The van der Waals surface area contributed by atoms with E-state index in [0.29, 0.717) is 13.1 Å². The van der Waals surface area contributed by atoms with E-state index in [2.05, 4.69) is 15.5 Å². The van der Waals surface area contributed by atoms with Crippen LogP contribution in [0.5, 0.6) is 0 Å². The zero-order valence-corrected chi connectivity index (χ0v) is 15.2. The number of amides is 2. The minimum atomic E-state index is -0.488. The van der Waals surface area contributed by atoms with Gasteiger partial charge in [-0.25, -0.2) is 4.39 Å². The Morgan fingerprint density at radius 1 is 1.18 bits per heavy atom. The molecule has 0 spiro atoms. The molecule has 1 fully saturated rings. The SMILES string of the molecule is O=C(NCC(=O)N1CCC[C@@H](c2nnc3ccccn23)C1)c1cccc(F)c1. The Morgan fingerprint density at radius 3 is 2.93 bits per heavy atom. The summed E-state index contributed by atoms with van der Waals surface area (Å²) in [6.45, 7) is 1.05. The lowest BCUT2D eigenvalue weighted by molar-refractivity contribution is -0.131. The fraction of sp³-hybridized carbons (Fsp3) is 0.300. The largest absolute Gasteiger partial charge is 0.343 e. The van der Waals surface area contributed by atoms with Crippen LogP contribution in [0.3, 0.4) is 0 Å². The van der Waals surface area contributed by atoms with Crippen molar-refractivity contribution < 1.29 is 14.0 Å². The summed E-state index contributed by atoms with van der Waals surface area (Å²) in [5.74, 6) is -0.183. The van der Waals surface area contributed by atoms with Crippen LogP contribution >= 0.6 is 0 Å². The minimum absolute atomic E-state index is 0.0917. The first-order chi connectivity index (χ1) is 13.6. The monoisotopic (exact) mass is 381 g/mol. The van der Waals surface area contributed by atoms with Crippen LogP contribution in [0.15, 0.2) is 48.7 Å². The lowest BCUT2D eigenvalue weighted by Crippen LogP contribution is -2.44. The lowest BCUT2D eigenvalue weighted by Gasteiger charge is -2.32. The van der Waals surface area contributed by atoms with Gasteiger partial charge in [-0.2, -0.15) is 0 Å². The Bertz CT molecular complexity index is 1020. The van der Waals surface area contributed by atoms with E-state index in [4.69, 9.17) is 0 Å². The summed E-state index contributed by atoms with van der Waals surface area (Å²) in [6, 6.07) is 11.1. The molecule has 1 aliphatic heterocycles. The summed E-state index contributed by atoms with van der Waals surface area (Å²) in [5, 5.41) is 11.1. The molecule has 3 aromatic rings. The molecule has 144 valence electrons. The summed E-state index contributed by atoms with van der Waals surface area (Å²) in [5.41, 5.74) is 0.975. The van der Waals surface area contributed by atoms with Gasteiger partial charge in [0.25, 0.3) is 5.91 Å². The van der Waals surface area contributed by atoms with Gasteiger partial charge in [-0.15, -0.1) is 10.2 Å². The van der Waals surface area contributed by atoms with E-state index in [1.807, 2.05) is 28.8 Å². The maximum atomic E-state index is 13.2. The van der Waals surface area contributed by atoms with Crippen molar-refractivity contribution in [2.75, 3.05) is 19.6 Å². The first-order valence-electron chi connectivity index (χ1n) is 9.23. The van der Waals surface area contributed by atoms with Gasteiger partial charge in [0.1, 0.15) is 11.6 Å². The van der Waals surface area contributed by atoms with Crippen LogP contribution in [0.25, 0.3) is 5.65 Å². The van der Waals surface area contributed by atoms with Crippen LogP contribution in [-0.2, 0) is 4.79 Å². The van der Waals surface area contributed by atoms with Crippen molar-refractivity contribution in [3.63, 3.8) is 0 Å². The van der Waals surface area contributed by atoms with Crippen molar-refractivity contribution in [1.82, 2.24) is 24.8 Å². The number of carbonyl (C=O) groups is 2. The molecule has 1 saturated heterocycles. The number of aromatic nitrogens is 3. The Hall–Kier alpha value is -3.29. The highest BCUT2D eigenvalue weighted by Crippen LogP contribution is 2.26. The second kappa shape index (κ2) is 7.75. The first-order valence-corrected chi connectivity index (χ1v) is 9.23. The smallest absolute Gasteiger partial charge is 0.251 e. The first kappa shape index (κ1) is 18.1. The van der Waals surface area contributed by atoms with E-state index >= 15 is 0 Å². The summed E-state index contributed by atoms with van der Waals surface area (Å²) < 4.78 is 15.2. The molecule has 2 amide bonds. The number of rotatable bonds is 4. The number of likely N-dealkylation sites (tertiary alicyclic amines) is 1. The molecule has 4 rings (SSSR count). The van der Waals surface area contributed by atoms with Gasteiger partial charge in [0.15, 0.2) is 5.65 Å². The number of piperidine rings is 1. The molecule has 2 aromatic heterocycles. The number of hydrogen-bond donors (Lipinski definition) is 1. The molecule has 3 heterocycles. The number of carbonyl (C=O) groups excluding carboxylic acids is 2. The lowest BCUT2D eigenvalue weighted by atomic mass is 9.97. The summed E-state index contributed by atoms with van der Waals surface area (Å²) in [6.07, 6.45) is 3.70. The third kappa shape index (κ3) is 3.71. The molecule has 0 bridgehead atoms. The van der Waals surface area contributed by atoms with Gasteiger partial charge in [-0.05, 0) is 43.2 Å². The molecular weight excluding hydrogens is 361 g/mol. The highest BCUT2D eigenvalue weighted by molar-refractivity contribution is 5.96. The van der Waals surface area contributed by atoms with Crippen LogP contribution < -0.4 is 5.32 Å². The maximum Gasteiger partial charge on any atom is 0.251 e. The zero-order chi connectivity index (χ0) is 19.5. The van der Waals surface area contributed by atoms with Crippen molar-refractivity contribution in [1.29, 1.82) is 0 Å². The van der Waals surface area contributed by atoms with Crippen LogP contribution in [0.1, 0.15) is 34.9 Å². The fourth-order valence-corrected chi connectivity index (χ4v) is 3.55. The molecule has 0 unspecified atom stereocenters. The molecule has 7 nitrogen and oxygen atoms in total. The molecular formula is C20H20FN5O2. The Kier molecular flexibility index (Phi) is 5.01. The average molecular weight is 381 g/mol. The molecule has 1 N–H and O–H groups in total. The van der Waals surface area contributed by atoms with Crippen LogP contribution in [0, 0.1) is 5.82 Å². The van der Waals surface area contributed by atoms with E-state index in [9.17, 15) is 14.0 Å². The van der Waals surface area contributed by atoms with E-state index in [-0.39, 0.29) is 23.9 Å². The minimum Gasteiger partial charge on any atom is -0.343 e. The summed E-state index contributed by atoms with van der Waals surface area (Å²) >= 11 is 0. The number of benzene rings is 1. The highest BCUT2D eigenvalue weighted by Gasteiger charge is 2.28. The van der Waals surface area contributed by atoms with Gasteiger partial charge >= 0.3 is 0 Å². The fourth-order valence-electron chi connectivity index (χ4n) is 3.55. The van der Waals surface area contributed by atoms with Gasteiger partial charge in [0, 0.05) is 30.8 Å².